The zero-order valence-corrected chi connectivity index (χ0v) is 11.1. The molecule has 0 amide bonds. The molecule has 0 saturated carbocycles. The standard InChI is InChI=1S/C16H22N2/c1-3-8-15(4-2)18-12-11-17-13-16(18)14-9-6-5-7-10-14/h2,5-7,9-10,15-17H,3,8,11-13H2,1H3. The number of nitrogens with one attached hydrogen (secondary N) is 1. The topological polar surface area (TPSA) is 15.3 Å². The lowest BCUT2D eigenvalue weighted by Crippen LogP contribution is -2.50. The van der Waals surface area contributed by atoms with Crippen LogP contribution in [-0.4, -0.2) is 30.6 Å². The Morgan fingerprint density at radius 2 is 2.22 bits per heavy atom. The number of piperazine rings is 1. The van der Waals surface area contributed by atoms with E-state index in [0.717, 1.165) is 32.5 Å². The van der Waals surface area contributed by atoms with Gasteiger partial charge in [-0.3, -0.25) is 4.90 Å². The van der Waals surface area contributed by atoms with Gasteiger partial charge in [0.1, 0.15) is 0 Å². The second kappa shape index (κ2) is 6.58. The average Bonchev–Trinajstić information content (AvgIpc) is 2.46. The van der Waals surface area contributed by atoms with Crippen LogP contribution in [-0.2, 0) is 0 Å². The van der Waals surface area contributed by atoms with E-state index in [-0.39, 0.29) is 6.04 Å². The lowest BCUT2D eigenvalue weighted by atomic mass is 9.99. The van der Waals surface area contributed by atoms with E-state index in [1.165, 1.54) is 5.56 Å². The van der Waals surface area contributed by atoms with Gasteiger partial charge in [-0.25, -0.2) is 0 Å². The first kappa shape index (κ1) is 13.1. The third-order valence-electron chi connectivity index (χ3n) is 3.62. The minimum absolute atomic E-state index is 0.266. The average molecular weight is 242 g/mol. The molecule has 1 aromatic carbocycles. The maximum absolute atomic E-state index is 5.72. The Labute approximate surface area is 110 Å². The summed E-state index contributed by atoms with van der Waals surface area (Å²) in [6, 6.07) is 11.3. The second-order valence-corrected chi connectivity index (χ2v) is 4.84. The van der Waals surface area contributed by atoms with Crippen LogP contribution in [0.5, 0.6) is 0 Å². The molecule has 1 heterocycles. The highest BCUT2D eigenvalue weighted by Crippen LogP contribution is 2.25. The van der Waals surface area contributed by atoms with Gasteiger partial charge in [0.15, 0.2) is 0 Å². The fourth-order valence-corrected chi connectivity index (χ4v) is 2.70. The first-order chi connectivity index (χ1) is 8.86. The van der Waals surface area contributed by atoms with Crippen LogP contribution in [0.2, 0.25) is 0 Å². The zero-order chi connectivity index (χ0) is 12.8. The molecular weight excluding hydrogens is 220 g/mol. The van der Waals surface area contributed by atoms with Crippen molar-refractivity contribution in [3.05, 3.63) is 35.9 Å². The summed E-state index contributed by atoms with van der Waals surface area (Å²) in [5, 5.41) is 3.47. The molecule has 1 N–H and O–H groups in total. The minimum atomic E-state index is 0.266. The molecule has 96 valence electrons. The van der Waals surface area contributed by atoms with Crippen molar-refractivity contribution in [3.63, 3.8) is 0 Å². The first-order valence-electron chi connectivity index (χ1n) is 6.84. The van der Waals surface area contributed by atoms with E-state index in [0.29, 0.717) is 6.04 Å². The molecule has 0 radical (unpaired) electrons. The molecule has 0 aliphatic carbocycles. The summed E-state index contributed by atoms with van der Waals surface area (Å²) in [6.07, 6.45) is 7.94. The molecule has 0 bridgehead atoms. The van der Waals surface area contributed by atoms with Crippen molar-refractivity contribution >= 4 is 0 Å². The van der Waals surface area contributed by atoms with Gasteiger partial charge < -0.3 is 5.32 Å². The van der Waals surface area contributed by atoms with Crippen LogP contribution in [0, 0.1) is 12.3 Å². The molecule has 1 aliphatic heterocycles. The highest BCUT2D eigenvalue weighted by atomic mass is 15.2. The summed E-state index contributed by atoms with van der Waals surface area (Å²) in [4.78, 5) is 2.48. The van der Waals surface area contributed by atoms with E-state index in [1.807, 2.05) is 0 Å². The minimum Gasteiger partial charge on any atom is -0.314 e. The fourth-order valence-electron chi connectivity index (χ4n) is 2.70. The molecule has 2 unspecified atom stereocenters. The Kier molecular flexibility index (Phi) is 4.81. The van der Waals surface area contributed by atoms with Gasteiger partial charge in [0.25, 0.3) is 0 Å². The van der Waals surface area contributed by atoms with Gasteiger partial charge in [0.2, 0.25) is 0 Å². The number of hydrogen-bond acceptors (Lipinski definition) is 2. The van der Waals surface area contributed by atoms with Gasteiger partial charge in [-0.05, 0) is 12.0 Å². The van der Waals surface area contributed by atoms with Gasteiger partial charge in [0.05, 0.1) is 6.04 Å². The zero-order valence-electron chi connectivity index (χ0n) is 11.1. The molecule has 1 aliphatic rings. The smallest absolute Gasteiger partial charge is 0.0717 e. The monoisotopic (exact) mass is 242 g/mol. The van der Waals surface area contributed by atoms with Crippen LogP contribution in [0.3, 0.4) is 0 Å². The molecule has 2 atom stereocenters. The van der Waals surface area contributed by atoms with Crippen LogP contribution in [0.15, 0.2) is 30.3 Å². The number of rotatable bonds is 4. The highest BCUT2D eigenvalue weighted by molar-refractivity contribution is 5.21. The van der Waals surface area contributed by atoms with Gasteiger partial charge >= 0.3 is 0 Å². The number of hydrogen-bond donors (Lipinski definition) is 1. The van der Waals surface area contributed by atoms with Crippen molar-refractivity contribution in [2.45, 2.75) is 31.8 Å². The van der Waals surface area contributed by atoms with E-state index in [2.05, 4.69) is 53.4 Å². The van der Waals surface area contributed by atoms with Crippen molar-refractivity contribution in [3.8, 4) is 12.3 Å². The normalized spacial score (nSPS) is 22.3. The molecular formula is C16H22N2. The Morgan fingerprint density at radius 3 is 2.89 bits per heavy atom. The van der Waals surface area contributed by atoms with E-state index in [4.69, 9.17) is 6.42 Å². The van der Waals surface area contributed by atoms with Crippen molar-refractivity contribution in [1.82, 2.24) is 10.2 Å². The summed E-state index contributed by atoms with van der Waals surface area (Å²) < 4.78 is 0. The highest BCUT2D eigenvalue weighted by Gasteiger charge is 2.28. The summed E-state index contributed by atoms with van der Waals surface area (Å²) in [5.41, 5.74) is 1.36. The maximum Gasteiger partial charge on any atom is 0.0717 e. The third-order valence-corrected chi connectivity index (χ3v) is 3.62. The summed E-state index contributed by atoms with van der Waals surface area (Å²) >= 11 is 0. The van der Waals surface area contributed by atoms with Gasteiger partial charge in [0, 0.05) is 25.7 Å². The summed E-state index contributed by atoms with van der Waals surface area (Å²) in [7, 11) is 0. The van der Waals surface area contributed by atoms with E-state index < -0.39 is 0 Å². The molecule has 1 saturated heterocycles. The number of nitrogens with zero attached hydrogens (tertiary/aromatic N) is 1. The lowest BCUT2D eigenvalue weighted by molar-refractivity contribution is 0.128. The second-order valence-electron chi connectivity index (χ2n) is 4.84. The van der Waals surface area contributed by atoms with Crippen molar-refractivity contribution in [1.29, 1.82) is 0 Å². The lowest BCUT2D eigenvalue weighted by Gasteiger charge is -2.40. The van der Waals surface area contributed by atoms with Gasteiger partial charge in [-0.1, -0.05) is 49.6 Å². The quantitative estimate of drug-likeness (QED) is 0.816. The van der Waals surface area contributed by atoms with Crippen molar-refractivity contribution in [2.24, 2.45) is 0 Å². The van der Waals surface area contributed by atoms with Gasteiger partial charge in [-0.2, -0.15) is 0 Å². The SMILES string of the molecule is C#CC(CCC)N1CCNCC1c1ccccc1. The Balaban J connectivity index is 2.18. The fraction of sp³-hybridized carbons (Fsp3) is 0.500. The van der Waals surface area contributed by atoms with E-state index in [1.54, 1.807) is 0 Å². The third kappa shape index (κ3) is 2.93. The number of benzene rings is 1. The largest absolute Gasteiger partial charge is 0.314 e. The van der Waals surface area contributed by atoms with E-state index in [9.17, 15) is 0 Å². The van der Waals surface area contributed by atoms with E-state index >= 15 is 0 Å². The molecule has 2 nitrogen and oxygen atoms in total. The molecule has 1 fully saturated rings. The predicted octanol–water partition coefficient (Wildman–Crippen LogP) is 2.43. The van der Waals surface area contributed by atoms with Crippen LogP contribution in [0.25, 0.3) is 0 Å². The summed E-state index contributed by atoms with van der Waals surface area (Å²) in [6.45, 7) is 5.26. The Morgan fingerprint density at radius 1 is 1.44 bits per heavy atom. The van der Waals surface area contributed by atoms with Crippen LogP contribution in [0.4, 0.5) is 0 Å². The molecule has 2 heteroatoms. The summed E-state index contributed by atoms with van der Waals surface area (Å²) in [5.74, 6) is 2.97. The molecule has 2 rings (SSSR count). The molecule has 0 spiro atoms. The predicted molar refractivity (Wildman–Crippen MR) is 76.3 cm³/mol. The first-order valence-corrected chi connectivity index (χ1v) is 6.84. The Hall–Kier alpha value is -1.30. The molecule has 1 aromatic rings. The van der Waals surface area contributed by atoms with Crippen LogP contribution >= 0.6 is 0 Å². The van der Waals surface area contributed by atoms with Crippen molar-refractivity contribution < 1.29 is 0 Å². The number of terminal acetylenes is 1. The van der Waals surface area contributed by atoms with Crippen molar-refractivity contribution in [2.75, 3.05) is 19.6 Å². The molecule has 18 heavy (non-hydrogen) atoms. The van der Waals surface area contributed by atoms with Crippen LogP contribution < -0.4 is 5.32 Å². The Bertz CT molecular complexity index is 393. The maximum atomic E-state index is 5.72. The van der Waals surface area contributed by atoms with Crippen LogP contribution in [0.1, 0.15) is 31.4 Å². The van der Waals surface area contributed by atoms with Gasteiger partial charge in [-0.15, -0.1) is 6.42 Å². The molecule has 0 aromatic heterocycles.